The van der Waals surface area contributed by atoms with Gasteiger partial charge in [-0.05, 0) is 48.4 Å². The van der Waals surface area contributed by atoms with E-state index in [0.717, 1.165) is 13.1 Å². The van der Waals surface area contributed by atoms with Crippen molar-refractivity contribution in [2.24, 2.45) is 11.3 Å². The standard InChI is InChI=1S/C18H30N2/c1-5-17(6-2)12-18(13-17,14-20-11-15(3)4)16-7-9-19-10-8-16/h7-10,15,20H,5-6,11-14H2,1-4H3. The summed E-state index contributed by atoms with van der Waals surface area (Å²) < 4.78 is 0. The summed E-state index contributed by atoms with van der Waals surface area (Å²) in [6.45, 7) is 11.5. The molecule has 2 nitrogen and oxygen atoms in total. The lowest BCUT2D eigenvalue weighted by molar-refractivity contribution is 0.0126. The third-order valence-corrected chi connectivity index (χ3v) is 5.24. The van der Waals surface area contributed by atoms with E-state index in [4.69, 9.17) is 0 Å². The molecule has 0 amide bonds. The van der Waals surface area contributed by atoms with Gasteiger partial charge in [-0.3, -0.25) is 4.98 Å². The lowest BCUT2D eigenvalue weighted by Crippen LogP contribution is -2.54. The molecule has 2 rings (SSSR count). The van der Waals surface area contributed by atoms with Crippen molar-refractivity contribution in [3.8, 4) is 0 Å². The van der Waals surface area contributed by atoms with Crippen LogP contribution in [-0.2, 0) is 5.41 Å². The smallest absolute Gasteiger partial charge is 0.0270 e. The van der Waals surface area contributed by atoms with Crippen molar-refractivity contribution < 1.29 is 0 Å². The van der Waals surface area contributed by atoms with Gasteiger partial charge in [-0.2, -0.15) is 0 Å². The lowest BCUT2D eigenvalue weighted by Gasteiger charge is -2.57. The third kappa shape index (κ3) is 3.06. The van der Waals surface area contributed by atoms with E-state index in [1.54, 1.807) is 0 Å². The Hall–Kier alpha value is -0.890. The zero-order chi connectivity index (χ0) is 14.6. The fourth-order valence-corrected chi connectivity index (χ4v) is 3.87. The van der Waals surface area contributed by atoms with Gasteiger partial charge < -0.3 is 5.32 Å². The second kappa shape index (κ2) is 6.26. The fraction of sp³-hybridized carbons (Fsp3) is 0.722. The first-order chi connectivity index (χ1) is 9.56. The second-order valence-corrected chi connectivity index (χ2v) is 7.10. The van der Waals surface area contributed by atoms with E-state index in [1.165, 1.54) is 31.2 Å². The minimum absolute atomic E-state index is 0.337. The first-order valence-corrected chi connectivity index (χ1v) is 8.17. The first kappa shape index (κ1) is 15.5. The molecule has 1 aliphatic carbocycles. The van der Waals surface area contributed by atoms with Crippen LogP contribution in [0.1, 0.15) is 58.9 Å². The molecule has 0 spiro atoms. The minimum atomic E-state index is 0.337. The Morgan fingerprint density at radius 2 is 1.75 bits per heavy atom. The first-order valence-electron chi connectivity index (χ1n) is 8.17. The number of pyridine rings is 1. The van der Waals surface area contributed by atoms with Crippen molar-refractivity contribution in [3.63, 3.8) is 0 Å². The molecule has 1 N–H and O–H groups in total. The summed E-state index contributed by atoms with van der Waals surface area (Å²) in [5, 5.41) is 3.69. The zero-order valence-electron chi connectivity index (χ0n) is 13.6. The van der Waals surface area contributed by atoms with Gasteiger partial charge in [-0.1, -0.05) is 40.5 Å². The van der Waals surface area contributed by atoms with Crippen LogP contribution in [0, 0.1) is 11.3 Å². The van der Waals surface area contributed by atoms with Crippen molar-refractivity contribution in [1.82, 2.24) is 10.3 Å². The molecule has 1 saturated carbocycles. The van der Waals surface area contributed by atoms with Crippen molar-refractivity contribution in [1.29, 1.82) is 0 Å². The van der Waals surface area contributed by atoms with E-state index in [2.05, 4.69) is 50.1 Å². The van der Waals surface area contributed by atoms with Gasteiger partial charge in [0.2, 0.25) is 0 Å². The fourth-order valence-electron chi connectivity index (χ4n) is 3.87. The number of hydrogen-bond donors (Lipinski definition) is 1. The van der Waals surface area contributed by atoms with Crippen molar-refractivity contribution in [2.75, 3.05) is 13.1 Å². The summed E-state index contributed by atoms with van der Waals surface area (Å²) in [7, 11) is 0. The molecular weight excluding hydrogens is 244 g/mol. The Balaban J connectivity index is 2.11. The number of hydrogen-bond acceptors (Lipinski definition) is 2. The number of rotatable bonds is 7. The van der Waals surface area contributed by atoms with E-state index in [9.17, 15) is 0 Å². The number of nitrogens with zero attached hydrogens (tertiary/aromatic N) is 1. The summed E-state index contributed by atoms with van der Waals surface area (Å²) in [4.78, 5) is 4.18. The van der Waals surface area contributed by atoms with Crippen LogP contribution >= 0.6 is 0 Å². The quantitative estimate of drug-likeness (QED) is 0.807. The molecule has 20 heavy (non-hydrogen) atoms. The SMILES string of the molecule is CCC1(CC)CC(CNCC(C)C)(c2ccncc2)C1. The van der Waals surface area contributed by atoms with Gasteiger partial charge in [0.1, 0.15) is 0 Å². The maximum Gasteiger partial charge on any atom is 0.0270 e. The van der Waals surface area contributed by atoms with Gasteiger partial charge >= 0.3 is 0 Å². The van der Waals surface area contributed by atoms with Gasteiger partial charge in [-0.25, -0.2) is 0 Å². The molecular formula is C18H30N2. The molecule has 0 saturated heterocycles. The van der Waals surface area contributed by atoms with Crippen LogP contribution < -0.4 is 5.32 Å². The highest BCUT2D eigenvalue weighted by atomic mass is 14.9. The number of aromatic nitrogens is 1. The molecule has 0 unspecified atom stereocenters. The molecule has 1 aromatic heterocycles. The molecule has 0 aromatic carbocycles. The van der Waals surface area contributed by atoms with Gasteiger partial charge in [0.15, 0.2) is 0 Å². The summed E-state index contributed by atoms with van der Waals surface area (Å²) in [6, 6.07) is 4.43. The van der Waals surface area contributed by atoms with Gasteiger partial charge in [0.25, 0.3) is 0 Å². The molecule has 1 fully saturated rings. The van der Waals surface area contributed by atoms with Crippen molar-refractivity contribution in [3.05, 3.63) is 30.1 Å². The average Bonchev–Trinajstić information content (AvgIpc) is 2.42. The van der Waals surface area contributed by atoms with E-state index >= 15 is 0 Å². The Morgan fingerprint density at radius 1 is 1.15 bits per heavy atom. The summed E-state index contributed by atoms with van der Waals surface area (Å²) in [5.41, 5.74) is 2.38. The third-order valence-electron chi connectivity index (χ3n) is 5.24. The lowest BCUT2D eigenvalue weighted by atomic mass is 9.48. The Morgan fingerprint density at radius 3 is 2.25 bits per heavy atom. The molecule has 1 aromatic rings. The molecule has 0 aliphatic heterocycles. The van der Waals surface area contributed by atoms with E-state index < -0.39 is 0 Å². The maximum atomic E-state index is 4.18. The van der Waals surface area contributed by atoms with Gasteiger partial charge in [0.05, 0.1) is 0 Å². The van der Waals surface area contributed by atoms with Crippen molar-refractivity contribution >= 4 is 0 Å². The monoisotopic (exact) mass is 274 g/mol. The molecule has 1 heterocycles. The van der Waals surface area contributed by atoms with E-state index in [0.29, 0.717) is 16.7 Å². The molecule has 0 atom stereocenters. The zero-order valence-corrected chi connectivity index (χ0v) is 13.6. The predicted molar refractivity (Wildman–Crippen MR) is 85.9 cm³/mol. The highest BCUT2D eigenvalue weighted by Crippen LogP contribution is 2.58. The molecule has 0 radical (unpaired) electrons. The topological polar surface area (TPSA) is 24.9 Å². The second-order valence-electron chi connectivity index (χ2n) is 7.10. The molecule has 1 aliphatic rings. The van der Waals surface area contributed by atoms with E-state index in [-0.39, 0.29) is 0 Å². The Bertz CT molecular complexity index is 399. The highest BCUT2D eigenvalue weighted by molar-refractivity contribution is 5.29. The molecule has 2 heteroatoms. The summed E-state index contributed by atoms with van der Waals surface area (Å²) in [5.74, 6) is 0.715. The normalized spacial score (nSPS) is 19.9. The molecule has 0 bridgehead atoms. The van der Waals surface area contributed by atoms with Gasteiger partial charge in [-0.15, -0.1) is 0 Å². The van der Waals surface area contributed by atoms with Crippen LogP contribution in [0.5, 0.6) is 0 Å². The number of nitrogens with one attached hydrogen (secondary N) is 1. The van der Waals surface area contributed by atoms with Crippen LogP contribution in [-0.4, -0.2) is 18.1 Å². The van der Waals surface area contributed by atoms with Crippen LogP contribution in [0.3, 0.4) is 0 Å². The van der Waals surface area contributed by atoms with Crippen LogP contribution in [0.15, 0.2) is 24.5 Å². The van der Waals surface area contributed by atoms with Gasteiger partial charge in [0, 0.05) is 24.4 Å². The maximum absolute atomic E-state index is 4.18. The minimum Gasteiger partial charge on any atom is -0.316 e. The summed E-state index contributed by atoms with van der Waals surface area (Å²) >= 11 is 0. The Labute approximate surface area is 124 Å². The highest BCUT2D eigenvalue weighted by Gasteiger charge is 2.52. The van der Waals surface area contributed by atoms with Crippen LogP contribution in [0.2, 0.25) is 0 Å². The predicted octanol–water partition coefficient (Wildman–Crippen LogP) is 4.17. The summed E-state index contributed by atoms with van der Waals surface area (Å²) in [6.07, 6.45) is 9.14. The van der Waals surface area contributed by atoms with Crippen molar-refractivity contribution in [2.45, 2.75) is 58.8 Å². The Kier molecular flexibility index (Phi) is 4.85. The van der Waals surface area contributed by atoms with E-state index in [1.807, 2.05) is 12.4 Å². The molecule has 112 valence electrons. The van der Waals surface area contributed by atoms with Crippen LogP contribution in [0.25, 0.3) is 0 Å². The largest absolute Gasteiger partial charge is 0.316 e. The van der Waals surface area contributed by atoms with Crippen LogP contribution in [0.4, 0.5) is 0 Å². The average molecular weight is 274 g/mol.